The molecule has 0 saturated carbocycles. The van der Waals surface area contributed by atoms with Crippen molar-refractivity contribution in [3.8, 4) is 5.75 Å². The molecule has 21 heavy (non-hydrogen) atoms. The zero-order chi connectivity index (χ0) is 15.7. The van der Waals surface area contributed by atoms with Gasteiger partial charge in [-0.2, -0.15) is 0 Å². The zero-order valence-corrected chi connectivity index (χ0v) is 13.3. The van der Waals surface area contributed by atoms with Crippen molar-refractivity contribution in [1.82, 2.24) is 4.90 Å². The van der Waals surface area contributed by atoms with Crippen LogP contribution in [0.4, 0.5) is 0 Å². The largest absolute Gasteiger partial charge is 0.489 e. The van der Waals surface area contributed by atoms with E-state index in [0.29, 0.717) is 12.6 Å². The maximum absolute atomic E-state index is 5.84. The predicted octanol–water partition coefficient (Wildman–Crippen LogP) is 4.69. The third-order valence-electron chi connectivity index (χ3n) is 3.36. The molecule has 2 aromatic rings. The Morgan fingerprint density at radius 1 is 1.00 bits per heavy atom. The van der Waals surface area contributed by atoms with E-state index < -0.39 is 0 Å². The van der Waals surface area contributed by atoms with Gasteiger partial charge in [-0.25, -0.2) is 0 Å². The van der Waals surface area contributed by atoms with E-state index in [2.05, 4.69) is 69.4 Å². The van der Waals surface area contributed by atoms with Gasteiger partial charge in [-0.1, -0.05) is 42.5 Å². The van der Waals surface area contributed by atoms with Gasteiger partial charge in [-0.15, -0.1) is 13.2 Å². The summed E-state index contributed by atoms with van der Waals surface area (Å²) in [6, 6.07) is 18.9. The fourth-order valence-electron chi connectivity index (χ4n) is 1.90. The monoisotopic (exact) mass is 283 g/mol. The predicted molar refractivity (Wildman–Crippen MR) is 90.6 cm³/mol. The van der Waals surface area contributed by atoms with E-state index in [9.17, 15) is 0 Å². The molecule has 0 N–H and O–H groups in total. The molecule has 2 aromatic carbocycles. The summed E-state index contributed by atoms with van der Waals surface area (Å²) in [5, 5.41) is 0. The maximum Gasteiger partial charge on any atom is 0.120 e. The van der Waals surface area contributed by atoms with Crippen LogP contribution in [0, 0.1) is 0 Å². The quantitative estimate of drug-likeness (QED) is 0.738. The van der Waals surface area contributed by atoms with Gasteiger partial charge in [-0.05, 0) is 44.3 Å². The Morgan fingerprint density at radius 3 is 2.29 bits per heavy atom. The van der Waals surface area contributed by atoms with E-state index in [-0.39, 0.29) is 0 Å². The Labute approximate surface area is 128 Å². The Balaban J connectivity index is 0.00000106. The lowest BCUT2D eigenvalue weighted by molar-refractivity contribution is 0.300. The smallest absolute Gasteiger partial charge is 0.120 e. The molecule has 0 heterocycles. The number of nitrogens with zero attached hydrogens (tertiary/aromatic N) is 1. The van der Waals surface area contributed by atoms with Crippen LogP contribution in [0.25, 0.3) is 0 Å². The fraction of sp³-hybridized carbons (Fsp3) is 0.263. The topological polar surface area (TPSA) is 12.5 Å². The van der Waals surface area contributed by atoms with Crippen molar-refractivity contribution in [3.63, 3.8) is 0 Å². The minimum absolute atomic E-state index is 0.389. The van der Waals surface area contributed by atoms with Crippen molar-refractivity contribution >= 4 is 0 Å². The second kappa shape index (κ2) is 8.98. The van der Waals surface area contributed by atoms with Crippen LogP contribution in [-0.4, -0.2) is 19.0 Å². The summed E-state index contributed by atoms with van der Waals surface area (Å²) in [4.78, 5) is 2.19. The van der Waals surface area contributed by atoms with Crippen LogP contribution >= 0.6 is 0 Å². The van der Waals surface area contributed by atoms with Crippen LogP contribution in [0.5, 0.6) is 5.75 Å². The summed E-state index contributed by atoms with van der Waals surface area (Å²) in [7, 11) is 4.17. The van der Waals surface area contributed by atoms with E-state index in [1.54, 1.807) is 0 Å². The normalized spacial score (nSPS) is 11.4. The second-order valence-electron chi connectivity index (χ2n) is 4.99. The summed E-state index contributed by atoms with van der Waals surface area (Å²) >= 11 is 0. The van der Waals surface area contributed by atoms with Crippen molar-refractivity contribution in [2.24, 2.45) is 0 Å². The van der Waals surface area contributed by atoms with Gasteiger partial charge in [0.1, 0.15) is 12.4 Å². The molecular weight excluding hydrogens is 258 g/mol. The first-order valence-electron chi connectivity index (χ1n) is 7.10. The van der Waals surface area contributed by atoms with Crippen molar-refractivity contribution in [3.05, 3.63) is 78.9 Å². The van der Waals surface area contributed by atoms with Crippen LogP contribution in [0.3, 0.4) is 0 Å². The van der Waals surface area contributed by atoms with Gasteiger partial charge in [0.25, 0.3) is 0 Å². The minimum Gasteiger partial charge on any atom is -0.489 e. The maximum atomic E-state index is 5.84. The van der Waals surface area contributed by atoms with Crippen LogP contribution in [-0.2, 0) is 6.61 Å². The summed E-state index contributed by atoms with van der Waals surface area (Å²) in [5.41, 5.74) is 2.46. The van der Waals surface area contributed by atoms with E-state index in [1.807, 2.05) is 24.3 Å². The summed E-state index contributed by atoms with van der Waals surface area (Å²) in [6.07, 6.45) is 0. The number of hydrogen-bond donors (Lipinski definition) is 0. The van der Waals surface area contributed by atoms with Crippen molar-refractivity contribution < 1.29 is 4.74 Å². The van der Waals surface area contributed by atoms with Crippen LogP contribution in [0.1, 0.15) is 24.1 Å². The lowest BCUT2D eigenvalue weighted by Gasteiger charge is -2.20. The Morgan fingerprint density at radius 2 is 1.67 bits per heavy atom. The third-order valence-corrected chi connectivity index (χ3v) is 3.36. The molecule has 0 bridgehead atoms. The van der Waals surface area contributed by atoms with Gasteiger partial charge in [0.2, 0.25) is 0 Å². The Hall–Kier alpha value is -2.06. The van der Waals surface area contributed by atoms with Crippen molar-refractivity contribution in [2.45, 2.75) is 19.6 Å². The van der Waals surface area contributed by atoms with E-state index in [4.69, 9.17) is 4.74 Å². The SMILES string of the molecule is C=C.CC(c1cccc(OCc2ccccc2)c1)N(C)C. The van der Waals surface area contributed by atoms with E-state index in [1.165, 1.54) is 11.1 Å². The first-order valence-corrected chi connectivity index (χ1v) is 7.10. The molecule has 0 amide bonds. The molecule has 0 aliphatic carbocycles. The Kier molecular flexibility index (Phi) is 7.27. The molecule has 112 valence electrons. The highest BCUT2D eigenvalue weighted by Gasteiger charge is 2.08. The molecule has 0 fully saturated rings. The summed E-state index contributed by atoms with van der Waals surface area (Å²) in [6.45, 7) is 8.80. The average Bonchev–Trinajstić information content (AvgIpc) is 2.55. The number of rotatable bonds is 5. The molecule has 1 atom stereocenters. The highest BCUT2D eigenvalue weighted by molar-refractivity contribution is 5.30. The zero-order valence-electron chi connectivity index (χ0n) is 13.3. The molecule has 2 rings (SSSR count). The molecule has 2 heteroatoms. The van der Waals surface area contributed by atoms with Crippen molar-refractivity contribution in [2.75, 3.05) is 14.1 Å². The highest BCUT2D eigenvalue weighted by Crippen LogP contribution is 2.22. The summed E-state index contributed by atoms with van der Waals surface area (Å²) in [5.74, 6) is 0.926. The standard InChI is InChI=1S/C17H21NO.C2H4/c1-14(18(2)3)16-10-7-11-17(12-16)19-13-15-8-5-4-6-9-15;1-2/h4-12,14H,13H2,1-3H3;1-2H2. The Bertz CT molecular complexity index is 522. The highest BCUT2D eigenvalue weighted by atomic mass is 16.5. The average molecular weight is 283 g/mol. The number of ether oxygens (including phenoxy) is 1. The van der Waals surface area contributed by atoms with Gasteiger partial charge in [-0.3, -0.25) is 0 Å². The number of benzene rings is 2. The molecule has 0 spiro atoms. The van der Waals surface area contributed by atoms with Gasteiger partial charge in [0.15, 0.2) is 0 Å². The third kappa shape index (κ3) is 5.44. The molecule has 0 aliphatic heterocycles. The molecule has 0 radical (unpaired) electrons. The van der Waals surface area contributed by atoms with Gasteiger partial charge < -0.3 is 9.64 Å². The van der Waals surface area contributed by atoms with Gasteiger partial charge in [0, 0.05) is 6.04 Å². The van der Waals surface area contributed by atoms with Gasteiger partial charge >= 0.3 is 0 Å². The lowest BCUT2D eigenvalue weighted by Crippen LogP contribution is -2.16. The molecule has 0 saturated heterocycles. The molecule has 0 aromatic heterocycles. The van der Waals surface area contributed by atoms with Gasteiger partial charge in [0.05, 0.1) is 0 Å². The molecule has 2 nitrogen and oxygen atoms in total. The number of hydrogen-bond acceptors (Lipinski definition) is 2. The lowest BCUT2D eigenvalue weighted by atomic mass is 10.1. The first-order chi connectivity index (χ1) is 10.2. The first kappa shape index (κ1) is 17.0. The van der Waals surface area contributed by atoms with E-state index in [0.717, 1.165) is 5.75 Å². The van der Waals surface area contributed by atoms with Crippen LogP contribution in [0.15, 0.2) is 67.8 Å². The second-order valence-corrected chi connectivity index (χ2v) is 4.99. The van der Waals surface area contributed by atoms with Crippen molar-refractivity contribution in [1.29, 1.82) is 0 Å². The molecule has 1 unspecified atom stereocenters. The minimum atomic E-state index is 0.389. The fourth-order valence-corrected chi connectivity index (χ4v) is 1.90. The molecule has 0 aliphatic rings. The van der Waals surface area contributed by atoms with Crippen LogP contribution in [0.2, 0.25) is 0 Å². The van der Waals surface area contributed by atoms with E-state index >= 15 is 0 Å². The summed E-state index contributed by atoms with van der Waals surface area (Å²) < 4.78 is 5.84. The molecular formula is C19H25NO. The van der Waals surface area contributed by atoms with Crippen LogP contribution < -0.4 is 4.74 Å².